The van der Waals surface area contributed by atoms with Crippen molar-refractivity contribution in [1.82, 2.24) is 5.32 Å². The van der Waals surface area contributed by atoms with E-state index in [9.17, 15) is 19.8 Å². The molecular formula is C56H105NO5. The summed E-state index contributed by atoms with van der Waals surface area (Å²) in [6.45, 7) is 4.82. The largest absolute Gasteiger partial charge is 0.466 e. The summed E-state index contributed by atoms with van der Waals surface area (Å²) in [4.78, 5) is 24.5. The molecule has 2 unspecified atom stereocenters. The Labute approximate surface area is 385 Å². The zero-order valence-corrected chi connectivity index (χ0v) is 41.4. The molecular weight excluding hydrogens is 767 g/mol. The number of esters is 1. The van der Waals surface area contributed by atoms with Gasteiger partial charge in [0.25, 0.3) is 0 Å². The zero-order chi connectivity index (χ0) is 45.1. The Balaban J connectivity index is 3.54. The molecule has 0 aromatic carbocycles. The smallest absolute Gasteiger partial charge is 0.305 e. The van der Waals surface area contributed by atoms with Crippen molar-refractivity contribution in [2.45, 2.75) is 296 Å². The number of carbonyl (C=O) groups is 2. The van der Waals surface area contributed by atoms with Crippen LogP contribution in [0.5, 0.6) is 0 Å². The van der Waals surface area contributed by atoms with Crippen LogP contribution in [0.15, 0.2) is 36.5 Å². The van der Waals surface area contributed by atoms with Crippen LogP contribution in [0.3, 0.4) is 0 Å². The molecule has 0 saturated heterocycles. The molecule has 62 heavy (non-hydrogen) atoms. The minimum atomic E-state index is -0.863. The van der Waals surface area contributed by atoms with Crippen molar-refractivity contribution >= 4 is 11.9 Å². The fraction of sp³-hybridized carbons (Fsp3) is 0.857. The van der Waals surface area contributed by atoms with Crippen LogP contribution in [0.1, 0.15) is 284 Å². The van der Waals surface area contributed by atoms with Crippen LogP contribution in [0.25, 0.3) is 0 Å². The first-order chi connectivity index (χ1) is 30.5. The predicted octanol–water partition coefficient (Wildman–Crippen LogP) is 16.5. The summed E-state index contributed by atoms with van der Waals surface area (Å²) in [5, 5.41) is 23.1. The Morgan fingerprint density at radius 3 is 1.15 bits per heavy atom. The van der Waals surface area contributed by atoms with Crippen LogP contribution in [-0.2, 0) is 14.3 Å². The molecule has 6 nitrogen and oxygen atoms in total. The first-order valence-electron chi connectivity index (χ1n) is 27.3. The Morgan fingerprint density at radius 1 is 0.435 bits per heavy atom. The van der Waals surface area contributed by atoms with Gasteiger partial charge in [0.15, 0.2) is 0 Å². The fourth-order valence-corrected chi connectivity index (χ4v) is 8.15. The van der Waals surface area contributed by atoms with E-state index in [1.807, 2.05) is 6.08 Å². The maximum atomic E-state index is 12.4. The number of ether oxygens (including phenoxy) is 1. The van der Waals surface area contributed by atoms with Crippen LogP contribution >= 0.6 is 0 Å². The van der Waals surface area contributed by atoms with Crippen LogP contribution in [0.2, 0.25) is 0 Å². The van der Waals surface area contributed by atoms with E-state index in [0.717, 1.165) is 83.5 Å². The van der Waals surface area contributed by atoms with Gasteiger partial charge in [-0.2, -0.15) is 0 Å². The highest BCUT2D eigenvalue weighted by molar-refractivity contribution is 5.76. The van der Waals surface area contributed by atoms with Crippen molar-refractivity contribution in [1.29, 1.82) is 0 Å². The number of carbonyl (C=O) groups excluding carboxylic acids is 2. The molecule has 0 rings (SSSR count). The highest BCUT2D eigenvalue weighted by atomic mass is 16.5. The zero-order valence-electron chi connectivity index (χ0n) is 41.4. The summed E-state index contributed by atoms with van der Waals surface area (Å²) >= 11 is 0. The monoisotopic (exact) mass is 872 g/mol. The van der Waals surface area contributed by atoms with Crippen LogP contribution in [-0.4, -0.2) is 47.4 Å². The molecule has 1 amide bonds. The van der Waals surface area contributed by atoms with Crippen LogP contribution < -0.4 is 5.32 Å². The van der Waals surface area contributed by atoms with Crippen molar-refractivity contribution in [3.8, 4) is 0 Å². The van der Waals surface area contributed by atoms with E-state index in [0.29, 0.717) is 19.4 Å². The van der Waals surface area contributed by atoms with Gasteiger partial charge in [0.1, 0.15) is 0 Å². The molecule has 0 heterocycles. The molecule has 364 valence electrons. The number of nitrogens with one attached hydrogen (secondary N) is 1. The lowest BCUT2D eigenvalue weighted by molar-refractivity contribution is -0.143. The Kier molecular flexibility index (Phi) is 50.1. The highest BCUT2D eigenvalue weighted by Crippen LogP contribution is 2.15. The number of amides is 1. The third kappa shape index (κ3) is 47.6. The molecule has 0 radical (unpaired) electrons. The summed E-state index contributed by atoms with van der Waals surface area (Å²) in [5.41, 5.74) is 0. The van der Waals surface area contributed by atoms with Gasteiger partial charge in [-0.1, -0.05) is 224 Å². The Hall–Kier alpha value is -1.92. The van der Waals surface area contributed by atoms with Crippen molar-refractivity contribution in [3.05, 3.63) is 36.5 Å². The molecule has 0 aromatic rings. The molecule has 0 saturated carbocycles. The summed E-state index contributed by atoms with van der Waals surface area (Å²) in [6.07, 6.45) is 63.0. The van der Waals surface area contributed by atoms with Gasteiger partial charge in [0.05, 0.1) is 25.4 Å². The predicted molar refractivity (Wildman–Crippen MR) is 269 cm³/mol. The number of hydrogen-bond acceptors (Lipinski definition) is 5. The van der Waals surface area contributed by atoms with E-state index in [1.54, 1.807) is 6.08 Å². The van der Waals surface area contributed by atoms with E-state index in [-0.39, 0.29) is 18.5 Å². The molecule has 0 fully saturated rings. The van der Waals surface area contributed by atoms with Gasteiger partial charge in [0, 0.05) is 12.8 Å². The standard InChI is InChI=1S/C56H105NO5/c1-3-5-7-9-11-13-15-17-19-21-22-24-26-30-34-38-42-46-50-56(61)62-51-47-43-39-35-31-27-29-33-37-41-45-49-55(60)57-53(52-58)54(59)48-44-40-36-32-28-25-23-20-18-16-14-12-10-8-6-4-2/h19,21,31,35,44,48,53-54,58-59H,3-18,20,22-30,32-34,36-43,45-47,49-52H2,1-2H3,(H,57,60)/b21-19-,35-31-,48-44+. The van der Waals surface area contributed by atoms with Gasteiger partial charge in [-0.15, -0.1) is 0 Å². The van der Waals surface area contributed by atoms with E-state index in [1.165, 1.54) is 173 Å². The van der Waals surface area contributed by atoms with Gasteiger partial charge in [-0.05, 0) is 83.5 Å². The molecule has 0 bridgehead atoms. The summed E-state index contributed by atoms with van der Waals surface area (Å²) in [6, 6.07) is -0.649. The number of hydrogen-bond donors (Lipinski definition) is 3. The SMILES string of the molecule is CCCCCCCCC/C=C\CCCCCCCCCC(=O)OCCCC/C=C\CCCCCCCC(=O)NC(CO)C(O)/C=C/CCCCCCCCCCCCCCCC. The molecule has 3 N–H and O–H groups in total. The molecule has 2 atom stereocenters. The second-order valence-electron chi connectivity index (χ2n) is 18.5. The summed E-state index contributed by atoms with van der Waals surface area (Å²) in [5.74, 6) is -0.133. The normalized spacial score (nSPS) is 12.9. The Morgan fingerprint density at radius 2 is 0.758 bits per heavy atom. The van der Waals surface area contributed by atoms with Crippen molar-refractivity contribution < 1.29 is 24.5 Å². The molecule has 6 heteroatoms. The Bertz CT molecular complexity index is 1010. The average molecular weight is 872 g/mol. The van der Waals surface area contributed by atoms with Crippen LogP contribution in [0.4, 0.5) is 0 Å². The van der Waals surface area contributed by atoms with E-state index in [4.69, 9.17) is 4.74 Å². The molecule has 0 aliphatic rings. The minimum Gasteiger partial charge on any atom is -0.466 e. The number of aliphatic hydroxyl groups excluding tert-OH is 2. The van der Waals surface area contributed by atoms with Crippen molar-refractivity contribution in [3.63, 3.8) is 0 Å². The number of aliphatic hydroxyl groups is 2. The fourth-order valence-electron chi connectivity index (χ4n) is 8.15. The van der Waals surface area contributed by atoms with Crippen molar-refractivity contribution in [2.24, 2.45) is 0 Å². The lowest BCUT2D eigenvalue weighted by Gasteiger charge is -2.20. The average Bonchev–Trinajstić information content (AvgIpc) is 3.27. The number of allylic oxidation sites excluding steroid dienone is 5. The first-order valence-corrected chi connectivity index (χ1v) is 27.3. The topological polar surface area (TPSA) is 95.9 Å². The minimum absolute atomic E-state index is 0.0362. The van der Waals surface area contributed by atoms with Gasteiger partial charge >= 0.3 is 5.97 Å². The molecule has 0 spiro atoms. The number of unbranched alkanes of at least 4 members (excludes halogenated alkanes) is 35. The highest BCUT2D eigenvalue weighted by Gasteiger charge is 2.18. The third-order valence-corrected chi connectivity index (χ3v) is 12.4. The van der Waals surface area contributed by atoms with Gasteiger partial charge in [0.2, 0.25) is 5.91 Å². The first kappa shape index (κ1) is 60.1. The molecule has 0 aliphatic carbocycles. The summed E-state index contributed by atoms with van der Waals surface area (Å²) in [7, 11) is 0. The van der Waals surface area contributed by atoms with E-state index in [2.05, 4.69) is 43.5 Å². The van der Waals surface area contributed by atoms with Gasteiger partial charge in [-0.25, -0.2) is 0 Å². The van der Waals surface area contributed by atoms with Gasteiger partial charge in [-0.3, -0.25) is 9.59 Å². The molecule has 0 aromatic heterocycles. The number of rotatable bonds is 50. The van der Waals surface area contributed by atoms with E-state index >= 15 is 0 Å². The van der Waals surface area contributed by atoms with E-state index < -0.39 is 12.1 Å². The maximum absolute atomic E-state index is 12.4. The second-order valence-corrected chi connectivity index (χ2v) is 18.5. The quantitative estimate of drug-likeness (QED) is 0.0321. The lowest BCUT2D eigenvalue weighted by Crippen LogP contribution is -2.45. The lowest BCUT2D eigenvalue weighted by atomic mass is 10.0. The second kappa shape index (κ2) is 51.7. The molecule has 0 aliphatic heterocycles. The third-order valence-electron chi connectivity index (χ3n) is 12.4. The summed E-state index contributed by atoms with van der Waals surface area (Å²) < 4.78 is 5.45. The van der Waals surface area contributed by atoms with Gasteiger partial charge < -0.3 is 20.3 Å². The van der Waals surface area contributed by atoms with Crippen LogP contribution in [0, 0.1) is 0 Å². The maximum Gasteiger partial charge on any atom is 0.305 e. The van der Waals surface area contributed by atoms with Crippen molar-refractivity contribution in [2.75, 3.05) is 13.2 Å².